The monoisotopic (exact) mass is 360 g/mol. The number of phosphoric acid groups is 1. The van der Waals surface area contributed by atoms with Gasteiger partial charge in [-0.1, -0.05) is 11.8 Å². The Morgan fingerprint density at radius 2 is 2.25 bits per heavy atom. The zero-order chi connectivity index (χ0) is 17.9. The summed E-state index contributed by atoms with van der Waals surface area (Å²) in [7, 11) is -4.69. The van der Waals surface area contributed by atoms with Crippen LogP contribution in [0.15, 0.2) is 11.0 Å². The third-order valence-corrected chi connectivity index (χ3v) is 3.71. The maximum atomic E-state index is 12.0. The molecule has 0 bridgehead atoms. The Bertz CT molecular complexity index is 765. The molecule has 12 heteroatoms. The van der Waals surface area contributed by atoms with Gasteiger partial charge in [-0.15, -0.1) is 0 Å². The third kappa shape index (κ3) is 4.62. The number of anilines is 1. The van der Waals surface area contributed by atoms with E-state index in [1.165, 1.54) is 6.20 Å². The lowest BCUT2D eigenvalue weighted by atomic mass is 10.2. The number of aliphatic hydroxyl groups is 1. The van der Waals surface area contributed by atoms with E-state index in [1.807, 2.05) is 0 Å². The molecule has 1 fully saturated rings. The summed E-state index contributed by atoms with van der Waals surface area (Å²) in [6.45, 7) is -0.433. The van der Waals surface area contributed by atoms with Crippen molar-refractivity contribution < 1.29 is 28.7 Å². The zero-order valence-electron chi connectivity index (χ0n) is 12.4. The number of phosphoric ester groups is 1. The fourth-order valence-electron chi connectivity index (χ4n) is 2.14. The largest absolute Gasteiger partial charge is 0.469 e. The molecule has 7 N–H and O–H groups in total. The van der Waals surface area contributed by atoms with Crippen LogP contribution in [0.25, 0.3) is 0 Å². The van der Waals surface area contributed by atoms with Crippen molar-refractivity contribution in [1.82, 2.24) is 9.55 Å². The number of nitrogens with two attached hydrogens (primary N) is 2. The fourth-order valence-corrected chi connectivity index (χ4v) is 2.48. The Morgan fingerprint density at radius 1 is 1.54 bits per heavy atom. The van der Waals surface area contributed by atoms with Gasteiger partial charge in [0.2, 0.25) is 0 Å². The van der Waals surface area contributed by atoms with Gasteiger partial charge >= 0.3 is 13.5 Å². The van der Waals surface area contributed by atoms with Crippen LogP contribution in [0.3, 0.4) is 0 Å². The second kappa shape index (κ2) is 7.42. The van der Waals surface area contributed by atoms with Gasteiger partial charge in [0.05, 0.1) is 24.8 Å². The van der Waals surface area contributed by atoms with Crippen LogP contribution in [0.5, 0.6) is 0 Å². The normalized spacial score (nSPS) is 23.8. The van der Waals surface area contributed by atoms with Crippen LogP contribution in [-0.2, 0) is 13.8 Å². The number of aliphatic hydroxyl groups excluding tert-OH is 1. The molecule has 24 heavy (non-hydrogen) atoms. The molecule has 1 aliphatic rings. The Morgan fingerprint density at radius 3 is 2.88 bits per heavy atom. The minimum atomic E-state index is -4.69. The van der Waals surface area contributed by atoms with Gasteiger partial charge in [0.1, 0.15) is 18.1 Å². The molecule has 11 nitrogen and oxygen atoms in total. The summed E-state index contributed by atoms with van der Waals surface area (Å²) < 4.78 is 21.6. The minimum Gasteiger partial charge on any atom is -0.390 e. The van der Waals surface area contributed by atoms with Crippen LogP contribution in [0.4, 0.5) is 5.82 Å². The minimum absolute atomic E-state index is 0.00441. The summed E-state index contributed by atoms with van der Waals surface area (Å²) in [5.74, 6) is 5.19. The summed E-state index contributed by atoms with van der Waals surface area (Å²) in [5, 5.41) is 9.91. The predicted octanol–water partition coefficient (Wildman–Crippen LogP) is -2.11. The molecule has 1 aliphatic heterocycles. The second-order valence-corrected chi connectivity index (χ2v) is 6.19. The van der Waals surface area contributed by atoms with Crippen molar-refractivity contribution in [3.8, 4) is 11.8 Å². The fraction of sp³-hybridized carbons (Fsp3) is 0.500. The summed E-state index contributed by atoms with van der Waals surface area (Å²) in [6.07, 6.45) is -1.65. The Balaban J connectivity index is 2.20. The average molecular weight is 360 g/mol. The number of hydrogen-bond acceptors (Lipinski definition) is 8. The summed E-state index contributed by atoms with van der Waals surface area (Å²) in [4.78, 5) is 33.0. The van der Waals surface area contributed by atoms with Gasteiger partial charge in [0.15, 0.2) is 0 Å². The molecule has 0 spiro atoms. The highest BCUT2D eigenvalue weighted by atomic mass is 31.2. The summed E-state index contributed by atoms with van der Waals surface area (Å²) in [5.41, 5.74) is 10.5. The number of hydrogen-bond donors (Lipinski definition) is 5. The summed E-state index contributed by atoms with van der Waals surface area (Å²) >= 11 is 0. The van der Waals surface area contributed by atoms with E-state index in [2.05, 4.69) is 21.3 Å². The number of rotatable bonds is 4. The molecule has 2 rings (SSSR count). The molecule has 2 heterocycles. The lowest BCUT2D eigenvalue weighted by molar-refractivity contribution is -0.0450. The van der Waals surface area contributed by atoms with Crippen LogP contribution in [-0.4, -0.2) is 49.8 Å². The molecular weight excluding hydrogens is 343 g/mol. The molecule has 1 saturated heterocycles. The van der Waals surface area contributed by atoms with E-state index in [-0.39, 0.29) is 24.3 Å². The van der Waals surface area contributed by atoms with Crippen LogP contribution < -0.4 is 17.2 Å². The number of aromatic nitrogens is 2. The first kappa shape index (κ1) is 18.6. The molecular formula is C12H17N4O7P. The van der Waals surface area contributed by atoms with E-state index in [4.69, 9.17) is 26.0 Å². The lowest BCUT2D eigenvalue weighted by Gasteiger charge is -2.16. The molecule has 0 aliphatic carbocycles. The van der Waals surface area contributed by atoms with Crippen molar-refractivity contribution in [3.63, 3.8) is 0 Å². The molecule has 132 valence electrons. The quantitative estimate of drug-likeness (QED) is 0.294. The van der Waals surface area contributed by atoms with Crippen molar-refractivity contribution in [2.45, 2.75) is 24.9 Å². The number of nitrogen functional groups attached to an aromatic ring is 1. The van der Waals surface area contributed by atoms with E-state index < -0.39 is 38.6 Å². The van der Waals surface area contributed by atoms with Crippen molar-refractivity contribution in [2.24, 2.45) is 5.73 Å². The Labute approximate surface area is 136 Å². The van der Waals surface area contributed by atoms with Crippen molar-refractivity contribution >= 4 is 13.6 Å². The molecule has 0 aromatic carbocycles. The predicted molar refractivity (Wildman–Crippen MR) is 81.4 cm³/mol. The van der Waals surface area contributed by atoms with Crippen LogP contribution in [0.1, 0.15) is 18.2 Å². The van der Waals surface area contributed by atoms with Gasteiger partial charge in [0, 0.05) is 12.6 Å². The smallest absolute Gasteiger partial charge is 0.390 e. The van der Waals surface area contributed by atoms with Crippen molar-refractivity contribution in [1.29, 1.82) is 0 Å². The van der Waals surface area contributed by atoms with E-state index in [9.17, 15) is 14.5 Å². The van der Waals surface area contributed by atoms with Gasteiger partial charge in [-0.2, -0.15) is 4.98 Å². The van der Waals surface area contributed by atoms with E-state index >= 15 is 0 Å². The van der Waals surface area contributed by atoms with Gasteiger partial charge in [0.25, 0.3) is 0 Å². The first-order valence-corrected chi connectivity index (χ1v) is 8.35. The van der Waals surface area contributed by atoms with E-state index in [0.717, 1.165) is 4.57 Å². The van der Waals surface area contributed by atoms with Crippen LogP contribution >= 0.6 is 7.82 Å². The van der Waals surface area contributed by atoms with E-state index in [0.29, 0.717) is 0 Å². The molecule has 0 unspecified atom stereocenters. The maximum Gasteiger partial charge on any atom is 0.469 e. The first-order valence-electron chi connectivity index (χ1n) is 6.82. The highest BCUT2D eigenvalue weighted by Gasteiger charge is 2.37. The van der Waals surface area contributed by atoms with Gasteiger partial charge in [-0.3, -0.25) is 9.09 Å². The molecule has 1 aromatic heterocycles. The van der Waals surface area contributed by atoms with Crippen molar-refractivity contribution in [3.05, 3.63) is 22.2 Å². The molecule has 3 atom stereocenters. The SMILES string of the molecule is NCC#Cc1cn([C@H]2C[C@@H](O)[C@@H](COP(=O)(O)O)O2)c(=O)nc1N. The van der Waals surface area contributed by atoms with Crippen LogP contribution in [0.2, 0.25) is 0 Å². The molecule has 0 radical (unpaired) electrons. The summed E-state index contributed by atoms with van der Waals surface area (Å²) in [6, 6.07) is 0. The van der Waals surface area contributed by atoms with Gasteiger partial charge < -0.3 is 31.1 Å². The molecule has 1 aromatic rings. The highest BCUT2D eigenvalue weighted by molar-refractivity contribution is 7.46. The van der Waals surface area contributed by atoms with E-state index in [1.54, 1.807) is 0 Å². The third-order valence-electron chi connectivity index (χ3n) is 3.23. The van der Waals surface area contributed by atoms with Crippen LogP contribution in [0, 0.1) is 11.8 Å². The highest BCUT2D eigenvalue weighted by Crippen LogP contribution is 2.38. The topological polar surface area (TPSA) is 183 Å². The van der Waals surface area contributed by atoms with Gasteiger partial charge in [-0.05, 0) is 0 Å². The first-order chi connectivity index (χ1) is 11.2. The molecule has 0 amide bonds. The Hall–Kier alpha value is -1.77. The average Bonchev–Trinajstić information content (AvgIpc) is 2.84. The number of nitrogens with zero attached hydrogens (tertiary/aromatic N) is 2. The maximum absolute atomic E-state index is 12.0. The lowest BCUT2D eigenvalue weighted by Crippen LogP contribution is -2.29. The second-order valence-electron chi connectivity index (χ2n) is 4.95. The van der Waals surface area contributed by atoms with Crippen molar-refractivity contribution in [2.75, 3.05) is 18.9 Å². The zero-order valence-corrected chi connectivity index (χ0v) is 13.3. The standard InChI is InChI=1S/C12H17N4O7P/c13-3-1-2-7-5-16(12(18)15-11(7)14)10-4-8(17)9(23-10)6-22-24(19,20)21/h5,8-10,17H,3-4,6,13H2,(H2,14,15,18)(H2,19,20,21)/t8-,9-,10-/m1/s1. The van der Waals surface area contributed by atoms with Gasteiger partial charge in [-0.25, -0.2) is 9.36 Å². The Kier molecular flexibility index (Phi) is 5.74. The number of ether oxygens (including phenoxy) is 1. The molecule has 0 saturated carbocycles.